The Morgan fingerprint density at radius 2 is 0.500 bits per heavy atom. The lowest BCUT2D eigenvalue weighted by Crippen LogP contribution is -2.30. The van der Waals surface area contributed by atoms with E-state index in [0.29, 0.717) is 25.7 Å². The summed E-state index contributed by atoms with van der Waals surface area (Å²) in [5, 5.41) is 10.7. The number of hydrogen-bond donors (Lipinski definition) is 3. The van der Waals surface area contributed by atoms with E-state index >= 15 is 0 Å². The number of rotatable bonds is 81. The zero-order chi connectivity index (χ0) is 75.1. The van der Waals surface area contributed by atoms with Crippen LogP contribution in [0.25, 0.3) is 0 Å². The van der Waals surface area contributed by atoms with Gasteiger partial charge in [0.25, 0.3) is 0 Å². The molecule has 0 aromatic heterocycles. The molecule has 0 saturated heterocycles. The van der Waals surface area contributed by atoms with Crippen LogP contribution in [0.3, 0.4) is 0 Å². The molecule has 606 valence electrons. The van der Waals surface area contributed by atoms with Gasteiger partial charge in [-0.25, -0.2) is 9.13 Å². The normalized spacial score (nSPS) is 14.2. The van der Waals surface area contributed by atoms with Crippen molar-refractivity contribution in [2.24, 2.45) is 17.8 Å². The number of aliphatic hydroxyl groups excluding tert-OH is 1. The number of carbonyl (C=O) groups is 4. The minimum absolute atomic E-state index is 0.105. The molecule has 0 heterocycles. The molecule has 6 atom stereocenters. The first-order valence-electron chi connectivity index (χ1n) is 42.9. The van der Waals surface area contributed by atoms with Crippen LogP contribution in [0.2, 0.25) is 0 Å². The van der Waals surface area contributed by atoms with E-state index in [1.54, 1.807) is 0 Å². The minimum Gasteiger partial charge on any atom is -0.462 e. The molecule has 19 heteroatoms. The lowest BCUT2D eigenvalue weighted by Gasteiger charge is -2.21. The molecule has 3 N–H and O–H groups in total. The summed E-state index contributed by atoms with van der Waals surface area (Å²) in [5.41, 5.74) is 0. The molecular weight excluding hydrogens is 1330 g/mol. The third kappa shape index (κ3) is 74.9. The summed E-state index contributed by atoms with van der Waals surface area (Å²) >= 11 is 0. The smallest absolute Gasteiger partial charge is 0.462 e. The predicted molar refractivity (Wildman–Crippen MR) is 418 cm³/mol. The zero-order valence-corrected chi connectivity index (χ0v) is 68.9. The molecule has 0 amide bonds. The quantitative estimate of drug-likeness (QED) is 0.0222. The van der Waals surface area contributed by atoms with E-state index in [9.17, 15) is 43.2 Å². The summed E-state index contributed by atoms with van der Waals surface area (Å²) in [7, 11) is -9.92. The fourth-order valence-electron chi connectivity index (χ4n) is 12.8. The molecule has 0 spiro atoms. The molecule has 0 aliphatic carbocycles. The molecule has 3 unspecified atom stereocenters. The van der Waals surface area contributed by atoms with Gasteiger partial charge < -0.3 is 33.8 Å². The predicted octanol–water partition coefficient (Wildman–Crippen LogP) is 24.9. The highest BCUT2D eigenvalue weighted by atomic mass is 31.2. The number of carbonyl (C=O) groups excluding carboxylic acids is 4. The number of hydrogen-bond acceptors (Lipinski definition) is 15. The van der Waals surface area contributed by atoms with Crippen LogP contribution in [0.5, 0.6) is 0 Å². The summed E-state index contributed by atoms with van der Waals surface area (Å²) in [6, 6.07) is 0. The summed E-state index contributed by atoms with van der Waals surface area (Å²) < 4.78 is 68.8. The Morgan fingerprint density at radius 3 is 0.745 bits per heavy atom. The number of phosphoric acid groups is 2. The second kappa shape index (κ2) is 73.2. The minimum atomic E-state index is -4.96. The van der Waals surface area contributed by atoms with Crippen molar-refractivity contribution in [2.75, 3.05) is 39.6 Å². The monoisotopic (exact) mass is 1490 g/mol. The van der Waals surface area contributed by atoms with Crippen molar-refractivity contribution in [3.05, 3.63) is 0 Å². The SMILES string of the molecule is CCCCCCCCCCCCCCCCCCCCCCC(=O)O[C@H](COC(=O)CCCCCCCCCCCCCCCCC(C)CC)COP(=O)(O)OC[C@@H](O)COP(=O)(O)OC[C@@H](COC(=O)CCCCCCCCCCC(C)C)OC(=O)CCCCCCCCCCCCC(C)C. The number of esters is 4. The molecule has 0 aromatic rings. The van der Waals surface area contributed by atoms with Crippen LogP contribution in [-0.2, 0) is 65.4 Å². The first-order valence-corrected chi connectivity index (χ1v) is 45.9. The van der Waals surface area contributed by atoms with Crippen LogP contribution < -0.4 is 0 Å². The lowest BCUT2D eigenvalue weighted by atomic mass is 9.99. The van der Waals surface area contributed by atoms with Crippen molar-refractivity contribution in [3.8, 4) is 0 Å². The van der Waals surface area contributed by atoms with Gasteiger partial charge in [-0.15, -0.1) is 0 Å². The van der Waals surface area contributed by atoms with E-state index in [-0.39, 0.29) is 25.7 Å². The average molecular weight is 1490 g/mol. The Morgan fingerprint density at radius 1 is 0.284 bits per heavy atom. The van der Waals surface area contributed by atoms with Crippen LogP contribution in [0, 0.1) is 17.8 Å². The average Bonchev–Trinajstić information content (AvgIpc) is 0.920. The van der Waals surface area contributed by atoms with Gasteiger partial charge in [0.05, 0.1) is 26.4 Å². The summed E-state index contributed by atoms with van der Waals surface area (Å²) in [6.45, 7) is 12.0. The van der Waals surface area contributed by atoms with Crippen molar-refractivity contribution in [1.29, 1.82) is 0 Å². The molecule has 0 bridgehead atoms. The summed E-state index contributed by atoms with van der Waals surface area (Å²) in [6.07, 6.45) is 62.5. The fraction of sp³-hybridized carbons (Fsp3) is 0.952. The molecular formula is C83H162O17P2. The maximum Gasteiger partial charge on any atom is 0.472 e. The lowest BCUT2D eigenvalue weighted by molar-refractivity contribution is -0.161. The van der Waals surface area contributed by atoms with Crippen LogP contribution in [0.15, 0.2) is 0 Å². The largest absolute Gasteiger partial charge is 0.472 e. The molecule has 0 aliphatic heterocycles. The highest BCUT2D eigenvalue weighted by Crippen LogP contribution is 2.45. The number of unbranched alkanes of at least 4 members (excludes halogenated alkanes) is 48. The Hall–Kier alpha value is -1.94. The second-order valence-electron chi connectivity index (χ2n) is 31.1. The van der Waals surface area contributed by atoms with Gasteiger partial charge in [0.1, 0.15) is 19.3 Å². The molecule has 102 heavy (non-hydrogen) atoms. The molecule has 0 aliphatic rings. The standard InChI is InChI=1S/C83H162O17P2/c1-8-10-11-12-13-14-15-16-17-18-19-20-21-22-27-30-36-45-52-59-66-82(87)99-78(70-93-80(85)64-57-50-43-35-29-26-24-23-25-28-34-42-49-56-63-76(7)9-2)72-97-101(89,90)95-68-77(84)69-96-102(91,92)98-73-79(71-94-81(86)65-58-51-44-39-38-41-48-55-62-75(5)6)100-83(88)67-60-53-46-37-32-31-33-40-47-54-61-74(3)4/h74-79,84H,8-73H2,1-7H3,(H,89,90)(H,91,92)/t76?,77-,78-,79-/m1/s1. The Labute approximate surface area is 626 Å². The highest BCUT2D eigenvalue weighted by Gasteiger charge is 2.30. The second-order valence-corrected chi connectivity index (χ2v) is 34.0. The maximum absolute atomic E-state index is 13.1. The zero-order valence-electron chi connectivity index (χ0n) is 67.1. The summed E-state index contributed by atoms with van der Waals surface area (Å²) in [4.78, 5) is 73.1. The maximum atomic E-state index is 13.1. The van der Waals surface area contributed by atoms with Crippen LogP contribution in [-0.4, -0.2) is 96.7 Å². The molecule has 0 rings (SSSR count). The van der Waals surface area contributed by atoms with Crippen molar-refractivity contribution in [1.82, 2.24) is 0 Å². The Kier molecular flexibility index (Phi) is 71.8. The highest BCUT2D eigenvalue weighted by molar-refractivity contribution is 7.47. The molecule has 0 saturated carbocycles. The van der Waals surface area contributed by atoms with Crippen LogP contribution in [0.1, 0.15) is 434 Å². The topological polar surface area (TPSA) is 237 Å². The van der Waals surface area contributed by atoms with Crippen molar-refractivity contribution < 1.29 is 80.2 Å². The van der Waals surface area contributed by atoms with Gasteiger partial charge in [0, 0.05) is 25.7 Å². The Bertz CT molecular complexity index is 1980. The third-order valence-corrected chi connectivity index (χ3v) is 21.6. The van der Waals surface area contributed by atoms with Crippen molar-refractivity contribution in [3.63, 3.8) is 0 Å². The van der Waals surface area contributed by atoms with Gasteiger partial charge >= 0.3 is 39.5 Å². The number of ether oxygens (including phenoxy) is 4. The third-order valence-electron chi connectivity index (χ3n) is 19.7. The number of aliphatic hydroxyl groups is 1. The van der Waals surface area contributed by atoms with Gasteiger partial charge in [-0.2, -0.15) is 0 Å². The number of phosphoric ester groups is 2. The van der Waals surface area contributed by atoms with E-state index in [4.69, 9.17) is 37.0 Å². The summed E-state index contributed by atoms with van der Waals surface area (Å²) in [5.74, 6) is 0.219. The van der Waals surface area contributed by atoms with Crippen LogP contribution in [0.4, 0.5) is 0 Å². The van der Waals surface area contributed by atoms with Gasteiger partial charge in [-0.05, 0) is 43.4 Å². The fourth-order valence-corrected chi connectivity index (χ4v) is 14.4. The molecule has 0 aromatic carbocycles. The van der Waals surface area contributed by atoms with E-state index in [1.807, 2.05) is 0 Å². The molecule has 0 radical (unpaired) electrons. The van der Waals surface area contributed by atoms with Crippen molar-refractivity contribution in [2.45, 2.75) is 452 Å². The van der Waals surface area contributed by atoms with E-state index < -0.39 is 97.5 Å². The van der Waals surface area contributed by atoms with Gasteiger partial charge in [-0.3, -0.25) is 37.3 Å². The van der Waals surface area contributed by atoms with Gasteiger partial charge in [0.15, 0.2) is 12.2 Å². The molecule has 17 nitrogen and oxygen atoms in total. The van der Waals surface area contributed by atoms with Gasteiger partial charge in [-0.1, -0.05) is 382 Å². The van der Waals surface area contributed by atoms with E-state index in [0.717, 1.165) is 108 Å². The van der Waals surface area contributed by atoms with Crippen LogP contribution >= 0.6 is 15.6 Å². The first kappa shape index (κ1) is 100. The van der Waals surface area contributed by atoms with E-state index in [1.165, 1.54) is 244 Å². The van der Waals surface area contributed by atoms with E-state index in [2.05, 4.69) is 48.5 Å². The Balaban J connectivity index is 5.24. The molecule has 0 fully saturated rings. The van der Waals surface area contributed by atoms with Crippen molar-refractivity contribution >= 4 is 39.5 Å². The first-order chi connectivity index (χ1) is 49.3. The van der Waals surface area contributed by atoms with Gasteiger partial charge in [0.2, 0.25) is 0 Å².